The van der Waals surface area contributed by atoms with Crippen molar-refractivity contribution in [1.29, 1.82) is 0 Å². The van der Waals surface area contributed by atoms with Gasteiger partial charge in [-0.25, -0.2) is 9.18 Å². The molecule has 26 heavy (non-hydrogen) atoms. The highest BCUT2D eigenvalue weighted by Gasteiger charge is 2.20. The first kappa shape index (κ1) is 19.2. The number of hydrogen-bond donors (Lipinski definition) is 2. The zero-order chi connectivity index (χ0) is 18.9. The fourth-order valence-electron chi connectivity index (χ4n) is 2.39. The van der Waals surface area contributed by atoms with Crippen molar-refractivity contribution >= 4 is 17.7 Å². The van der Waals surface area contributed by atoms with Crippen LogP contribution in [-0.4, -0.2) is 25.7 Å². The topological polar surface area (TPSA) is 76.7 Å². The molecule has 2 N–H and O–H groups in total. The van der Waals surface area contributed by atoms with E-state index in [4.69, 9.17) is 9.47 Å². The summed E-state index contributed by atoms with van der Waals surface area (Å²) in [6, 6.07) is 11.4. The molecule has 2 aromatic carbocycles. The molecule has 2 rings (SSSR count). The number of rotatable bonds is 7. The molecule has 0 aliphatic rings. The van der Waals surface area contributed by atoms with Gasteiger partial charge in [-0.2, -0.15) is 0 Å². The highest BCUT2D eigenvalue weighted by molar-refractivity contribution is 5.89. The standard InChI is InChI=1S/C19H21FN2O4/c1-3-26-18(23)12-17(13-6-4-9-16(10-13)25-2)22-19(24)21-15-8-5-7-14(20)11-15/h4-11,17H,3,12H2,1-2H3,(H2,21,22,24). The highest BCUT2D eigenvalue weighted by atomic mass is 19.1. The fraction of sp³-hybridized carbons (Fsp3) is 0.263. The van der Waals surface area contributed by atoms with E-state index in [1.54, 1.807) is 37.3 Å². The molecule has 0 aromatic heterocycles. The Morgan fingerprint density at radius 1 is 1.15 bits per heavy atom. The third kappa shape index (κ3) is 5.77. The van der Waals surface area contributed by atoms with E-state index in [9.17, 15) is 14.0 Å². The Morgan fingerprint density at radius 3 is 2.62 bits per heavy atom. The quantitative estimate of drug-likeness (QED) is 0.739. The molecule has 0 saturated heterocycles. The molecule has 0 aliphatic carbocycles. The summed E-state index contributed by atoms with van der Waals surface area (Å²) in [6.45, 7) is 1.96. The molecule has 0 heterocycles. The van der Waals surface area contributed by atoms with E-state index in [-0.39, 0.29) is 13.0 Å². The van der Waals surface area contributed by atoms with Crippen molar-refractivity contribution in [1.82, 2.24) is 5.32 Å². The molecule has 0 aliphatic heterocycles. The average Bonchev–Trinajstić information content (AvgIpc) is 2.61. The molecule has 0 fully saturated rings. The lowest BCUT2D eigenvalue weighted by Crippen LogP contribution is -2.34. The van der Waals surface area contributed by atoms with Crippen molar-refractivity contribution in [3.8, 4) is 5.75 Å². The smallest absolute Gasteiger partial charge is 0.319 e. The van der Waals surface area contributed by atoms with Gasteiger partial charge in [-0.05, 0) is 42.8 Å². The van der Waals surface area contributed by atoms with Gasteiger partial charge < -0.3 is 20.1 Å². The van der Waals surface area contributed by atoms with Gasteiger partial charge in [-0.15, -0.1) is 0 Å². The van der Waals surface area contributed by atoms with Crippen LogP contribution in [-0.2, 0) is 9.53 Å². The molecular formula is C19H21FN2O4. The van der Waals surface area contributed by atoms with Crippen molar-refractivity contribution in [2.75, 3.05) is 19.0 Å². The van der Waals surface area contributed by atoms with Gasteiger partial charge in [0.1, 0.15) is 11.6 Å². The first-order valence-electron chi connectivity index (χ1n) is 8.14. The minimum Gasteiger partial charge on any atom is -0.497 e. The molecule has 6 nitrogen and oxygen atoms in total. The lowest BCUT2D eigenvalue weighted by atomic mass is 10.0. The van der Waals surface area contributed by atoms with Crippen LogP contribution in [0.5, 0.6) is 5.75 Å². The first-order valence-corrected chi connectivity index (χ1v) is 8.14. The van der Waals surface area contributed by atoms with E-state index in [0.717, 1.165) is 0 Å². The van der Waals surface area contributed by atoms with Gasteiger partial charge in [0, 0.05) is 5.69 Å². The molecule has 7 heteroatoms. The van der Waals surface area contributed by atoms with E-state index in [0.29, 0.717) is 17.0 Å². The first-order chi connectivity index (χ1) is 12.5. The monoisotopic (exact) mass is 360 g/mol. The van der Waals surface area contributed by atoms with Crippen LogP contribution in [0.4, 0.5) is 14.9 Å². The Morgan fingerprint density at radius 2 is 1.92 bits per heavy atom. The number of halogens is 1. The van der Waals surface area contributed by atoms with Crippen molar-refractivity contribution in [2.45, 2.75) is 19.4 Å². The van der Waals surface area contributed by atoms with Crippen LogP contribution in [0.3, 0.4) is 0 Å². The lowest BCUT2D eigenvalue weighted by Gasteiger charge is -2.19. The summed E-state index contributed by atoms with van der Waals surface area (Å²) < 4.78 is 23.4. The second kappa shape index (κ2) is 9.41. The highest BCUT2D eigenvalue weighted by Crippen LogP contribution is 2.22. The molecule has 0 radical (unpaired) electrons. The SMILES string of the molecule is CCOC(=O)CC(NC(=O)Nc1cccc(F)c1)c1cccc(OC)c1. The van der Waals surface area contributed by atoms with E-state index >= 15 is 0 Å². The molecule has 2 amide bonds. The summed E-state index contributed by atoms with van der Waals surface area (Å²) in [5.74, 6) is -0.297. The molecule has 1 atom stereocenters. The second-order valence-electron chi connectivity index (χ2n) is 5.45. The van der Waals surface area contributed by atoms with Crippen LogP contribution in [0.25, 0.3) is 0 Å². The van der Waals surface area contributed by atoms with Gasteiger partial charge in [0.15, 0.2) is 0 Å². The number of carbonyl (C=O) groups is 2. The number of amides is 2. The Labute approximate surface area is 151 Å². The number of carbonyl (C=O) groups excluding carboxylic acids is 2. The number of esters is 1. The van der Waals surface area contributed by atoms with Crippen molar-refractivity contribution in [2.24, 2.45) is 0 Å². The van der Waals surface area contributed by atoms with Gasteiger partial charge >= 0.3 is 12.0 Å². The Hall–Kier alpha value is -3.09. The summed E-state index contributed by atoms with van der Waals surface area (Å²) in [6.07, 6.45) is -0.0441. The second-order valence-corrected chi connectivity index (χ2v) is 5.45. The third-order valence-corrected chi connectivity index (χ3v) is 3.56. The van der Waals surface area contributed by atoms with E-state index in [1.807, 2.05) is 0 Å². The van der Waals surface area contributed by atoms with Gasteiger partial charge in [0.25, 0.3) is 0 Å². The number of nitrogens with one attached hydrogen (secondary N) is 2. The van der Waals surface area contributed by atoms with Gasteiger partial charge in [-0.3, -0.25) is 4.79 Å². The number of urea groups is 1. The van der Waals surface area contributed by atoms with Gasteiger partial charge in [-0.1, -0.05) is 18.2 Å². The maximum Gasteiger partial charge on any atom is 0.319 e. The largest absolute Gasteiger partial charge is 0.497 e. The zero-order valence-electron chi connectivity index (χ0n) is 14.6. The number of ether oxygens (including phenoxy) is 2. The number of methoxy groups -OCH3 is 1. The predicted molar refractivity (Wildman–Crippen MR) is 95.5 cm³/mol. The Balaban J connectivity index is 2.14. The van der Waals surface area contributed by atoms with E-state index < -0.39 is 23.9 Å². The summed E-state index contributed by atoms with van der Waals surface area (Å²) in [4.78, 5) is 24.2. The summed E-state index contributed by atoms with van der Waals surface area (Å²) in [5.41, 5.74) is 0.995. The molecule has 0 spiro atoms. The van der Waals surface area contributed by atoms with E-state index in [2.05, 4.69) is 10.6 Å². The minimum atomic E-state index is -0.627. The van der Waals surface area contributed by atoms with Crippen molar-refractivity contribution < 1.29 is 23.5 Å². The molecule has 2 aromatic rings. The Bertz CT molecular complexity index is 767. The van der Waals surface area contributed by atoms with Crippen LogP contribution < -0.4 is 15.4 Å². The van der Waals surface area contributed by atoms with Crippen LogP contribution in [0.1, 0.15) is 24.9 Å². The fourth-order valence-corrected chi connectivity index (χ4v) is 2.39. The van der Waals surface area contributed by atoms with E-state index in [1.165, 1.54) is 25.3 Å². The van der Waals surface area contributed by atoms with Crippen molar-refractivity contribution in [3.05, 3.63) is 59.9 Å². The third-order valence-electron chi connectivity index (χ3n) is 3.56. The molecular weight excluding hydrogens is 339 g/mol. The molecule has 1 unspecified atom stereocenters. The Kier molecular flexibility index (Phi) is 6.96. The summed E-state index contributed by atoms with van der Waals surface area (Å²) in [7, 11) is 1.53. The normalized spacial score (nSPS) is 11.3. The number of benzene rings is 2. The predicted octanol–water partition coefficient (Wildman–Crippen LogP) is 3.65. The van der Waals surface area contributed by atoms with Crippen LogP contribution >= 0.6 is 0 Å². The molecule has 0 saturated carbocycles. The number of anilines is 1. The summed E-state index contributed by atoms with van der Waals surface area (Å²) in [5, 5.41) is 5.26. The zero-order valence-corrected chi connectivity index (χ0v) is 14.6. The maximum absolute atomic E-state index is 13.2. The molecule has 138 valence electrons. The van der Waals surface area contributed by atoms with Crippen molar-refractivity contribution in [3.63, 3.8) is 0 Å². The van der Waals surface area contributed by atoms with Gasteiger partial charge in [0.05, 0.1) is 26.2 Å². The lowest BCUT2D eigenvalue weighted by molar-refractivity contribution is -0.143. The summed E-state index contributed by atoms with van der Waals surface area (Å²) >= 11 is 0. The maximum atomic E-state index is 13.2. The van der Waals surface area contributed by atoms with Crippen LogP contribution in [0.15, 0.2) is 48.5 Å². The average molecular weight is 360 g/mol. The van der Waals surface area contributed by atoms with Crippen LogP contribution in [0, 0.1) is 5.82 Å². The van der Waals surface area contributed by atoms with Crippen LogP contribution in [0.2, 0.25) is 0 Å². The number of hydrogen-bond acceptors (Lipinski definition) is 4. The van der Waals surface area contributed by atoms with Gasteiger partial charge in [0.2, 0.25) is 0 Å². The minimum absolute atomic E-state index is 0.0441. The molecule has 0 bridgehead atoms.